The number of nitrogens with zero attached hydrogens (tertiary/aromatic N) is 2. The molecule has 0 fully saturated rings. The van der Waals surface area contributed by atoms with Crippen molar-refractivity contribution in [3.8, 4) is 5.75 Å². The number of ether oxygens (including phenoxy) is 1. The van der Waals surface area contributed by atoms with Crippen molar-refractivity contribution in [2.75, 3.05) is 18.6 Å². The Balaban J connectivity index is 1.64. The number of non-ortho nitro benzene ring substituents is 1. The molecule has 0 radical (unpaired) electrons. The standard InChI is InChI=1S/C21H21N3O5/c1-14(22-20(25)10-5-15-3-8-18(29-2)9-4-15)21(26)23-12-11-16-6-7-17(24(27)28)13-19(16)23/h3-10,13-14H,11-12H2,1-2H3,(H,22,25)/b10-5+. The van der Waals surface area contributed by atoms with Crippen molar-refractivity contribution in [3.63, 3.8) is 0 Å². The first-order valence-corrected chi connectivity index (χ1v) is 9.10. The number of nitro groups is 1. The highest BCUT2D eigenvalue weighted by Gasteiger charge is 2.30. The highest BCUT2D eigenvalue weighted by atomic mass is 16.6. The van der Waals surface area contributed by atoms with Crippen molar-refractivity contribution in [2.45, 2.75) is 19.4 Å². The fourth-order valence-corrected chi connectivity index (χ4v) is 3.15. The first kappa shape index (κ1) is 20.1. The maximum atomic E-state index is 12.8. The van der Waals surface area contributed by atoms with E-state index in [0.29, 0.717) is 18.7 Å². The topological polar surface area (TPSA) is 102 Å². The van der Waals surface area contributed by atoms with Crippen molar-refractivity contribution in [2.24, 2.45) is 0 Å². The number of rotatable bonds is 6. The third-order valence-electron chi connectivity index (χ3n) is 4.71. The summed E-state index contributed by atoms with van der Waals surface area (Å²) in [6.07, 6.45) is 3.62. The third-order valence-corrected chi connectivity index (χ3v) is 4.71. The number of carbonyl (C=O) groups is 2. The predicted molar refractivity (Wildman–Crippen MR) is 109 cm³/mol. The van der Waals surface area contributed by atoms with Gasteiger partial charge in [0.1, 0.15) is 11.8 Å². The number of hydrogen-bond acceptors (Lipinski definition) is 5. The van der Waals surface area contributed by atoms with E-state index in [0.717, 1.165) is 16.9 Å². The van der Waals surface area contributed by atoms with Crippen LogP contribution in [0.2, 0.25) is 0 Å². The number of anilines is 1. The molecule has 1 aliphatic rings. The minimum atomic E-state index is -0.770. The van der Waals surface area contributed by atoms with Crippen LogP contribution in [0.4, 0.5) is 11.4 Å². The van der Waals surface area contributed by atoms with Gasteiger partial charge in [-0.3, -0.25) is 19.7 Å². The van der Waals surface area contributed by atoms with Crippen LogP contribution in [0.25, 0.3) is 6.08 Å². The summed E-state index contributed by atoms with van der Waals surface area (Å²) in [7, 11) is 1.58. The smallest absolute Gasteiger partial charge is 0.271 e. The van der Waals surface area contributed by atoms with E-state index in [4.69, 9.17) is 4.74 Å². The largest absolute Gasteiger partial charge is 0.497 e. The van der Waals surface area contributed by atoms with Gasteiger partial charge in [0.2, 0.25) is 11.8 Å². The molecule has 1 N–H and O–H groups in total. The molecule has 3 rings (SSSR count). The second-order valence-electron chi connectivity index (χ2n) is 6.65. The number of fused-ring (bicyclic) bond motifs is 1. The molecule has 1 heterocycles. The molecule has 1 aliphatic heterocycles. The van der Waals surface area contributed by atoms with E-state index in [9.17, 15) is 19.7 Å². The fraction of sp³-hybridized carbons (Fsp3) is 0.238. The monoisotopic (exact) mass is 395 g/mol. The summed E-state index contributed by atoms with van der Waals surface area (Å²) in [6.45, 7) is 2.02. The third kappa shape index (κ3) is 4.60. The summed E-state index contributed by atoms with van der Waals surface area (Å²) < 4.78 is 5.09. The summed E-state index contributed by atoms with van der Waals surface area (Å²) in [4.78, 5) is 37.0. The number of hydrogen-bond donors (Lipinski definition) is 1. The Morgan fingerprint density at radius 3 is 2.62 bits per heavy atom. The summed E-state index contributed by atoms with van der Waals surface area (Å²) in [5, 5.41) is 13.7. The fourth-order valence-electron chi connectivity index (χ4n) is 3.15. The summed E-state index contributed by atoms with van der Waals surface area (Å²) in [5.41, 5.74) is 2.16. The van der Waals surface area contributed by atoms with Gasteiger partial charge < -0.3 is 15.0 Å². The summed E-state index contributed by atoms with van der Waals surface area (Å²) in [6, 6.07) is 10.9. The number of methoxy groups -OCH3 is 1. The van der Waals surface area contributed by atoms with Gasteiger partial charge in [0.15, 0.2) is 0 Å². The van der Waals surface area contributed by atoms with Gasteiger partial charge in [-0.2, -0.15) is 0 Å². The maximum absolute atomic E-state index is 12.8. The molecular weight excluding hydrogens is 374 g/mol. The van der Waals surface area contributed by atoms with E-state index in [1.807, 2.05) is 12.1 Å². The van der Waals surface area contributed by atoms with E-state index < -0.39 is 16.9 Å². The highest BCUT2D eigenvalue weighted by molar-refractivity contribution is 6.02. The molecule has 0 aromatic heterocycles. The van der Waals surface area contributed by atoms with Crippen LogP contribution in [0.1, 0.15) is 18.1 Å². The van der Waals surface area contributed by atoms with Gasteiger partial charge in [0.25, 0.3) is 5.69 Å². The first-order valence-electron chi connectivity index (χ1n) is 9.10. The van der Waals surface area contributed by atoms with Crippen LogP contribution < -0.4 is 15.0 Å². The molecule has 150 valence electrons. The van der Waals surface area contributed by atoms with Crippen molar-refractivity contribution in [3.05, 3.63) is 69.8 Å². The molecule has 0 spiro atoms. The van der Waals surface area contributed by atoms with Crippen LogP contribution in [-0.4, -0.2) is 36.4 Å². The number of amides is 2. The molecule has 8 heteroatoms. The molecule has 2 aromatic carbocycles. The van der Waals surface area contributed by atoms with Crippen molar-refractivity contribution >= 4 is 29.3 Å². The molecular formula is C21H21N3O5. The molecule has 0 saturated heterocycles. The zero-order chi connectivity index (χ0) is 21.0. The average Bonchev–Trinajstić information content (AvgIpc) is 3.15. The maximum Gasteiger partial charge on any atom is 0.271 e. The average molecular weight is 395 g/mol. The number of nitro benzene ring substituents is 1. The van der Waals surface area contributed by atoms with E-state index in [1.54, 1.807) is 38.3 Å². The van der Waals surface area contributed by atoms with Crippen LogP contribution in [0.15, 0.2) is 48.5 Å². The second-order valence-corrected chi connectivity index (χ2v) is 6.65. The lowest BCUT2D eigenvalue weighted by atomic mass is 10.1. The van der Waals surface area contributed by atoms with E-state index in [-0.39, 0.29) is 11.6 Å². The lowest BCUT2D eigenvalue weighted by Crippen LogP contribution is -2.46. The predicted octanol–water partition coefficient (Wildman–Crippen LogP) is 2.71. The van der Waals surface area contributed by atoms with Crippen LogP contribution >= 0.6 is 0 Å². The molecule has 0 aliphatic carbocycles. The molecule has 2 amide bonds. The van der Waals surface area contributed by atoms with Gasteiger partial charge in [0.05, 0.1) is 17.7 Å². The lowest BCUT2D eigenvalue weighted by molar-refractivity contribution is -0.384. The van der Waals surface area contributed by atoms with E-state index in [2.05, 4.69) is 5.32 Å². The molecule has 0 bridgehead atoms. The number of nitrogens with one attached hydrogen (secondary N) is 1. The number of carbonyl (C=O) groups excluding carboxylic acids is 2. The van der Waals surface area contributed by atoms with E-state index >= 15 is 0 Å². The van der Waals surface area contributed by atoms with Crippen molar-refractivity contribution in [1.29, 1.82) is 0 Å². The van der Waals surface area contributed by atoms with Gasteiger partial charge in [-0.15, -0.1) is 0 Å². The van der Waals surface area contributed by atoms with Crippen LogP contribution in [-0.2, 0) is 16.0 Å². The van der Waals surface area contributed by atoms with Gasteiger partial charge in [-0.25, -0.2) is 0 Å². The van der Waals surface area contributed by atoms with Gasteiger partial charge in [0, 0.05) is 24.8 Å². The Morgan fingerprint density at radius 1 is 1.24 bits per heavy atom. The second kappa shape index (κ2) is 8.55. The van der Waals surface area contributed by atoms with E-state index in [1.165, 1.54) is 23.1 Å². The minimum absolute atomic E-state index is 0.0671. The first-order chi connectivity index (χ1) is 13.9. The Kier molecular flexibility index (Phi) is 5.92. The van der Waals surface area contributed by atoms with Crippen LogP contribution in [0.5, 0.6) is 5.75 Å². The van der Waals surface area contributed by atoms with Gasteiger partial charge in [-0.05, 0) is 42.7 Å². The van der Waals surface area contributed by atoms with Gasteiger partial charge in [-0.1, -0.05) is 18.2 Å². The minimum Gasteiger partial charge on any atom is -0.497 e. The molecule has 29 heavy (non-hydrogen) atoms. The zero-order valence-electron chi connectivity index (χ0n) is 16.1. The van der Waals surface area contributed by atoms with Gasteiger partial charge >= 0.3 is 0 Å². The van der Waals surface area contributed by atoms with Crippen molar-refractivity contribution in [1.82, 2.24) is 5.32 Å². The summed E-state index contributed by atoms with van der Waals surface area (Å²) in [5.74, 6) is 0.00697. The Bertz CT molecular complexity index is 969. The molecule has 8 nitrogen and oxygen atoms in total. The Morgan fingerprint density at radius 2 is 1.97 bits per heavy atom. The normalized spacial score (nSPS) is 13.8. The molecule has 0 saturated carbocycles. The van der Waals surface area contributed by atoms with Crippen molar-refractivity contribution < 1.29 is 19.2 Å². The molecule has 1 unspecified atom stereocenters. The van der Waals surface area contributed by atoms with Crippen LogP contribution in [0.3, 0.4) is 0 Å². The Labute approximate surface area is 167 Å². The zero-order valence-corrected chi connectivity index (χ0v) is 16.1. The highest BCUT2D eigenvalue weighted by Crippen LogP contribution is 2.32. The molecule has 2 aromatic rings. The SMILES string of the molecule is COc1ccc(/C=C/C(=O)NC(C)C(=O)N2CCc3ccc([N+](=O)[O-])cc32)cc1. The Hall–Kier alpha value is -3.68. The quantitative estimate of drug-likeness (QED) is 0.460. The molecule has 1 atom stereocenters. The summed E-state index contributed by atoms with van der Waals surface area (Å²) >= 11 is 0. The van der Waals surface area contributed by atoms with Crippen LogP contribution in [0, 0.1) is 10.1 Å². The lowest BCUT2D eigenvalue weighted by Gasteiger charge is -2.22. The number of benzene rings is 2.